The average molecular weight is 632 g/mol. The lowest BCUT2D eigenvalue weighted by Crippen LogP contribution is -2.35. The van der Waals surface area contributed by atoms with Crippen LogP contribution in [0, 0.1) is 17.6 Å². The topological polar surface area (TPSA) is 90.0 Å². The van der Waals surface area contributed by atoms with Crippen LogP contribution in [-0.2, 0) is 10.0 Å². The Morgan fingerprint density at radius 1 is 1.07 bits per heavy atom. The Balaban J connectivity index is 1.29. The predicted molar refractivity (Wildman–Crippen MR) is 162 cm³/mol. The molecule has 0 aliphatic carbocycles. The van der Waals surface area contributed by atoms with Gasteiger partial charge in [-0.2, -0.15) is 0 Å². The van der Waals surface area contributed by atoms with E-state index >= 15 is 4.39 Å². The smallest absolute Gasteiger partial charge is 0.264 e. The first-order chi connectivity index (χ1) is 20.6. The molecule has 0 radical (unpaired) electrons. The van der Waals surface area contributed by atoms with E-state index in [0.717, 1.165) is 44.1 Å². The molecule has 1 unspecified atom stereocenters. The van der Waals surface area contributed by atoms with Crippen molar-refractivity contribution in [1.29, 1.82) is 0 Å². The van der Waals surface area contributed by atoms with Crippen molar-refractivity contribution < 1.29 is 31.4 Å². The maximum atomic E-state index is 15.1. The monoisotopic (exact) mass is 631 g/mol. The van der Waals surface area contributed by atoms with Crippen LogP contribution in [0.2, 0.25) is 5.02 Å². The van der Waals surface area contributed by atoms with E-state index in [1.165, 1.54) is 50.4 Å². The summed E-state index contributed by atoms with van der Waals surface area (Å²) in [7, 11) is -2.83. The molecule has 1 aliphatic rings. The lowest BCUT2D eigenvalue weighted by Gasteiger charge is -2.30. The van der Waals surface area contributed by atoms with Gasteiger partial charge in [0.2, 0.25) is 0 Å². The Morgan fingerprint density at radius 3 is 2.67 bits per heavy atom. The molecule has 2 heterocycles. The summed E-state index contributed by atoms with van der Waals surface area (Å²) in [5, 5.41) is 0.217. The highest BCUT2D eigenvalue weighted by Crippen LogP contribution is 2.38. The van der Waals surface area contributed by atoms with E-state index < -0.39 is 26.6 Å². The number of methoxy groups -OCH3 is 1. The van der Waals surface area contributed by atoms with E-state index in [9.17, 15) is 12.8 Å². The Kier molecular flexibility index (Phi) is 9.53. The van der Waals surface area contributed by atoms with Crippen LogP contribution in [0.25, 0.3) is 10.9 Å². The van der Waals surface area contributed by atoms with Crippen LogP contribution < -0.4 is 18.9 Å². The van der Waals surface area contributed by atoms with Crippen LogP contribution in [0.15, 0.2) is 65.7 Å². The number of aromatic nitrogens is 1. The number of benzene rings is 3. The van der Waals surface area contributed by atoms with Crippen LogP contribution >= 0.6 is 11.6 Å². The number of anilines is 1. The highest BCUT2D eigenvalue weighted by atomic mass is 35.5. The molecule has 8 nitrogen and oxygen atoms in total. The molecule has 1 aliphatic heterocycles. The lowest BCUT2D eigenvalue weighted by molar-refractivity contribution is 0.169. The van der Waals surface area contributed by atoms with Gasteiger partial charge in [0, 0.05) is 36.8 Å². The normalized spacial score (nSPS) is 15.8. The Hall–Kier alpha value is -3.67. The number of sulfonamides is 1. The van der Waals surface area contributed by atoms with Gasteiger partial charge in [0.15, 0.2) is 28.9 Å². The van der Waals surface area contributed by atoms with E-state index in [1.54, 1.807) is 18.2 Å². The summed E-state index contributed by atoms with van der Waals surface area (Å²) in [6, 6.07) is 12.2. The number of ether oxygens (including phenoxy) is 3. The minimum Gasteiger partial charge on any atom is -0.493 e. The van der Waals surface area contributed by atoms with Gasteiger partial charge >= 0.3 is 0 Å². The quantitative estimate of drug-likeness (QED) is 0.174. The molecule has 0 saturated carbocycles. The second-order valence-corrected chi connectivity index (χ2v) is 12.5. The molecule has 0 spiro atoms. The third kappa shape index (κ3) is 7.29. The number of fused-ring (bicyclic) bond motifs is 1. The molecular weight excluding hydrogens is 600 g/mol. The molecule has 1 fully saturated rings. The van der Waals surface area contributed by atoms with Crippen molar-refractivity contribution in [3.05, 3.63) is 77.5 Å². The number of nitrogens with one attached hydrogen (secondary N) is 1. The minimum absolute atomic E-state index is 0.123. The summed E-state index contributed by atoms with van der Waals surface area (Å²) in [4.78, 5) is 6.23. The molecule has 12 heteroatoms. The van der Waals surface area contributed by atoms with Crippen LogP contribution in [0.4, 0.5) is 14.5 Å². The van der Waals surface area contributed by atoms with Gasteiger partial charge in [0.05, 0.1) is 29.9 Å². The summed E-state index contributed by atoms with van der Waals surface area (Å²) in [6.45, 7) is 6.02. The van der Waals surface area contributed by atoms with E-state index in [1.807, 2.05) is 0 Å². The zero-order valence-electron chi connectivity index (χ0n) is 23.8. The largest absolute Gasteiger partial charge is 0.493 e. The summed E-state index contributed by atoms with van der Waals surface area (Å²) in [6.07, 6.45) is 4.93. The van der Waals surface area contributed by atoms with Gasteiger partial charge in [-0.15, -0.1) is 0 Å². The molecule has 4 aromatic rings. The highest BCUT2D eigenvalue weighted by Gasteiger charge is 2.22. The van der Waals surface area contributed by atoms with Gasteiger partial charge in [0.1, 0.15) is 10.6 Å². The maximum Gasteiger partial charge on any atom is 0.264 e. The Bertz CT molecular complexity index is 1720. The second kappa shape index (κ2) is 13.3. The first-order valence-electron chi connectivity index (χ1n) is 13.9. The third-order valence-electron chi connectivity index (χ3n) is 7.21. The van der Waals surface area contributed by atoms with Crippen LogP contribution in [-0.4, -0.2) is 51.7 Å². The second-order valence-electron chi connectivity index (χ2n) is 10.5. The summed E-state index contributed by atoms with van der Waals surface area (Å²) in [5.41, 5.74) is 0.438. The van der Waals surface area contributed by atoms with Crippen molar-refractivity contribution in [1.82, 2.24) is 9.88 Å². The van der Waals surface area contributed by atoms with Crippen molar-refractivity contribution in [2.45, 2.75) is 31.1 Å². The van der Waals surface area contributed by atoms with Crippen molar-refractivity contribution in [2.75, 3.05) is 38.1 Å². The minimum atomic E-state index is -4.37. The fraction of sp³-hybridized carbons (Fsp3) is 0.323. The number of nitrogens with zero attached hydrogens (tertiary/aromatic N) is 2. The van der Waals surface area contributed by atoms with Crippen LogP contribution in [0.3, 0.4) is 0 Å². The number of rotatable bonds is 11. The zero-order valence-corrected chi connectivity index (χ0v) is 25.4. The van der Waals surface area contributed by atoms with Crippen molar-refractivity contribution in [3.63, 3.8) is 0 Å². The van der Waals surface area contributed by atoms with Gasteiger partial charge in [-0.25, -0.2) is 17.2 Å². The Labute approximate surface area is 254 Å². The molecule has 1 N–H and O–H groups in total. The molecule has 1 saturated heterocycles. The molecule has 5 rings (SSSR count). The number of likely N-dealkylation sites (tertiary alicyclic amines) is 1. The molecule has 1 aromatic heterocycles. The fourth-order valence-corrected chi connectivity index (χ4v) is 6.50. The molecular formula is C31H32ClF2N3O5S. The average Bonchev–Trinajstić information content (AvgIpc) is 2.97. The van der Waals surface area contributed by atoms with Crippen molar-refractivity contribution >= 4 is 38.2 Å². The van der Waals surface area contributed by atoms with E-state index in [2.05, 4.69) is 21.5 Å². The third-order valence-corrected chi connectivity index (χ3v) is 8.90. The number of halogens is 3. The first kappa shape index (κ1) is 30.8. The number of hydrogen-bond acceptors (Lipinski definition) is 7. The van der Waals surface area contributed by atoms with E-state index in [4.69, 9.17) is 25.8 Å². The first-order valence-corrected chi connectivity index (χ1v) is 15.8. The fourth-order valence-electron chi connectivity index (χ4n) is 5.12. The van der Waals surface area contributed by atoms with Crippen LogP contribution in [0.1, 0.15) is 26.2 Å². The van der Waals surface area contributed by atoms with Crippen LogP contribution in [0.5, 0.6) is 23.0 Å². The molecule has 3 aromatic carbocycles. The highest BCUT2D eigenvalue weighted by molar-refractivity contribution is 7.92. The molecule has 43 heavy (non-hydrogen) atoms. The standard InChI is InChI=1S/C31H32ClF2N3O5S/c1-20-6-4-13-37(19-20)14-5-15-41-29-18-25-22(17-28(29)40-2)26(11-12-35-25)42-27-10-9-21(16-24(27)33)36-43(38,39)30-8-3-7-23(32)31(30)34/h3,7-12,16-18,20,36H,4-6,13-15,19H2,1-2H3. The summed E-state index contributed by atoms with van der Waals surface area (Å²) in [5.74, 6) is -0.0360. The van der Waals surface area contributed by atoms with Gasteiger partial charge in [-0.1, -0.05) is 24.6 Å². The van der Waals surface area contributed by atoms with E-state index in [0.29, 0.717) is 34.8 Å². The summed E-state index contributed by atoms with van der Waals surface area (Å²) >= 11 is 5.71. The lowest BCUT2D eigenvalue weighted by atomic mass is 10.0. The maximum absolute atomic E-state index is 15.1. The predicted octanol–water partition coefficient (Wildman–Crippen LogP) is 7.27. The molecule has 0 amide bonds. The SMILES string of the molecule is COc1cc2c(Oc3ccc(NS(=O)(=O)c4cccc(Cl)c4F)cc3F)ccnc2cc1OCCCN1CCCC(C)C1. The molecule has 0 bridgehead atoms. The Morgan fingerprint density at radius 2 is 1.91 bits per heavy atom. The van der Waals surface area contributed by atoms with Gasteiger partial charge < -0.3 is 19.1 Å². The molecule has 1 atom stereocenters. The van der Waals surface area contributed by atoms with Gasteiger partial charge in [-0.3, -0.25) is 9.71 Å². The zero-order chi connectivity index (χ0) is 30.6. The van der Waals surface area contributed by atoms with Crippen molar-refractivity contribution in [3.8, 4) is 23.0 Å². The molecule has 228 valence electrons. The van der Waals surface area contributed by atoms with Crippen molar-refractivity contribution in [2.24, 2.45) is 5.92 Å². The number of hydrogen-bond donors (Lipinski definition) is 1. The number of piperidine rings is 1. The summed E-state index contributed by atoms with van der Waals surface area (Å²) < 4.78 is 74.3. The van der Waals surface area contributed by atoms with Gasteiger partial charge in [0.25, 0.3) is 10.0 Å². The number of pyridine rings is 1. The van der Waals surface area contributed by atoms with Gasteiger partial charge in [-0.05, 0) is 68.1 Å². The van der Waals surface area contributed by atoms with E-state index in [-0.39, 0.29) is 16.5 Å².